The van der Waals surface area contributed by atoms with Crippen LogP contribution in [0.25, 0.3) is 0 Å². The minimum absolute atomic E-state index is 0.0351. The molecular weight excluding hydrogens is 136 g/mol. The number of Topliss-reactive ketones (excluding diaryl/α,β-unsaturated/α-hetero) is 1. The zero-order valence-corrected chi connectivity index (χ0v) is 7.44. The molecule has 0 atom stereocenters. The quantitative estimate of drug-likeness (QED) is 0.521. The first-order chi connectivity index (χ1) is 5.11. The van der Waals surface area contributed by atoms with E-state index in [4.69, 9.17) is 0 Å². The fraction of sp³-hybridized carbons (Fsp3) is 0.900. The second kappa shape index (κ2) is 1.88. The first-order valence-electron chi connectivity index (χ1n) is 4.66. The number of rotatable bonds is 0. The van der Waals surface area contributed by atoms with Gasteiger partial charge in [-0.15, -0.1) is 0 Å². The third-order valence-corrected chi connectivity index (χ3v) is 3.84. The van der Waals surface area contributed by atoms with Gasteiger partial charge in [-0.3, -0.25) is 4.79 Å². The Balaban J connectivity index is 2.19. The van der Waals surface area contributed by atoms with Crippen molar-refractivity contribution in [1.29, 1.82) is 0 Å². The van der Waals surface area contributed by atoms with E-state index in [-0.39, 0.29) is 10.8 Å². The fourth-order valence-electron chi connectivity index (χ4n) is 2.77. The van der Waals surface area contributed by atoms with Gasteiger partial charge in [-0.2, -0.15) is 0 Å². The molecule has 2 aliphatic rings. The molecule has 2 rings (SSSR count). The molecule has 0 radical (unpaired) electrons. The van der Waals surface area contributed by atoms with Crippen LogP contribution in [0.15, 0.2) is 0 Å². The van der Waals surface area contributed by atoms with E-state index in [1.54, 1.807) is 0 Å². The van der Waals surface area contributed by atoms with Gasteiger partial charge in [0.25, 0.3) is 0 Å². The highest BCUT2D eigenvalue weighted by molar-refractivity contribution is 6.07. The maximum absolute atomic E-state index is 11.5. The summed E-state index contributed by atoms with van der Waals surface area (Å²) >= 11 is 0. The smallest absolute Gasteiger partial charge is 0.146 e. The van der Waals surface area contributed by atoms with Crippen molar-refractivity contribution in [3.05, 3.63) is 0 Å². The highest BCUT2D eigenvalue weighted by Gasteiger charge is 2.70. The van der Waals surface area contributed by atoms with Crippen molar-refractivity contribution in [3.8, 4) is 0 Å². The fourth-order valence-corrected chi connectivity index (χ4v) is 2.77. The minimum Gasteiger partial charge on any atom is -0.298 e. The lowest BCUT2D eigenvalue weighted by atomic mass is 9.81. The highest BCUT2D eigenvalue weighted by Crippen LogP contribution is 2.66. The van der Waals surface area contributed by atoms with Gasteiger partial charge < -0.3 is 0 Å². The molecule has 0 aliphatic heterocycles. The van der Waals surface area contributed by atoms with Gasteiger partial charge in [0.15, 0.2) is 0 Å². The van der Waals surface area contributed by atoms with Gasteiger partial charge in [-0.25, -0.2) is 0 Å². The molecule has 11 heavy (non-hydrogen) atoms. The van der Waals surface area contributed by atoms with Crippen molar-refractivity contribution >= 4 is 5.78 Å². The third kappa shape index (κ3) is 0.692. The van der Waals surface area contributed by atoms with Gasteiger partial charge in [0.1, 0.15) is 5.78 Å². The van der Waals surface area contributed by atoms with E-state index < -0.39 is 0 Å². The maximum Gasteiger partial charge on any atom is 0.146 e. The Morgan fingerprint density at radius 1 is 1.09 bits per heavy atom. The molecule has 0 aromatic rings. The van der Waals surface area contributed by atoms with E-state index in [0.717, 1.165) is 0 Å². The summed E-state index contributed by atoms with van der Waals surface area (Å²) in [7, 11) is 0. The van der Waals surface area contributed by atoms with Crippen LogP contribution in [-0.4, -0.2) is 5.78 Å². The molecule has 1 spiro atoms. The van der Waals surface area contributed by atoms with Gasteiger partial charge in [0.2, 0.25) is 0 Å². The van der Waals surface area contributed by atoms with Crippen LogP contribution in [0.1, 0.15) is 46.0 Å². The molecule has 0 saturated heterocycles. The van der Waals surface area contributed by atoms with Crippen molar-refractivity contribution in [3.63, 3.8) is 0 Å². The number of carbonyl (C=O) groups is 1. The first-order valence-corrected chi connectivity index (χ1v) is 4.66. The highest BCUT2D eigenvalue weighted by atomic mass is 16.1. The summed E-state index contributed by atoms with van der Waals surface area (Å²) < 4.78 is 0. The molecule has 2 fully saturated rings. The lowest BCUT2D eigenvalue weighted by Gasteiger charge is -2.22. The molecule has 0 heterocycles. The van der Waals surface area contributed by atoms with Crippen LogP contribution >= 0.6 is 0 Å². The first kappa shape index (κ1) is 7.33. The Hall–Kier alpha value is -0.330. The minimum atomic E-state index is 0.0351. The van der Waals surface area contributed by atoms with Gasteiger partial charge in [0.05, 0.1) is 0 Å². The van der Waals surface area contributed by atoms with Crippen molar-refractivity contribution in [2.45, 2.75) is 46.0 Å². The van der Waals surface area contributed by atoms with Crippen LogP contribution in [0.3, 0.4) is 0 Å². The predicted octanol–water partition coefficient (Wildman–Crippen LogP) is 2.55. The molecule has 1 heteroatoms. The van der Waals surface area contributed by atoms with E-state index in [9.17, 15) is 4.79 Å². The van der Waals surface area contributed by atoms with Gasteiger partial charge in [-0.05, 0) is 12.8 Å². The van der Waals surface area contributed by atoms with Crippen LogP contribution in [0.2, 0.25) is 0 Å². The predicted molar refractivity (Wildman–Crippen MR) is 44.3 cm³/mol. The average molecular weight is 152 g/mol. The molecule has 62 valence electrons. The Bertz CT molecular complexity index is 197. The lowest BCUT2D eigenvalue weighted by Crippen LogP contribution is -2.13. The molecule has 1 nitrogen and oxygen atoms in total. The molecule has 0 unspecified atom stereocenters. The molecule has 0 aromatic heterocycles. The van der Waals surface area contributed by atoms with Crippen molar-refractivity contribution in [1.82, 2.24) is 0 Å². The Morgan fingerprint density at radius 2 is 1.55 bits per heavy atom. The zero-order chi connectivity index (χ0) is 8.11. The second-order valence-electron chi connectivity index (χ2n) is 4.60. The Kier molecular flexibility index (Phi) is 1.25. The van der Waals surface area contributed by atoms with E-state index in [2.05, 4.69) is 13.8 Å². The summed E-state index contributed by atoms with van der Waals surface area (Å²) in [4.78, 5) is 11.5. The summed E-state index contributed by atoms with van der Waals surface area (Å²) in [5.74, 6) is 0.532. The molecule has 2 aliphatic carbocycles. The zero-order valence-electron chi connectivity index (χ0n) is 7.44. The van der Waals surface area contributed by atoms with E-state index in [0.29, 0.717) is 5.78 Å². The third-order valence-electron chi connectivity index (χ3n) is 3.84. The van der Waals surface area contributed by atoms with Crippen molar-refractivity contribution < 1.29 is 4.79 Å². The van der Waals surface area contributed by atoms with Gasteiger partial charge >= 0.3 is 0 Å². The van der Waals surface area contributed by atoms with Gasteiger partial charge in [0, 0.05) is 10.8 Å². The number of hydrogen-bond acceptors (Lipinski definition) is 1. The van der Waals surface area contributed by atoms with Crippen LogP contribution in [0, 0.1) is 10.8 Å². The Morgan fingerprint density at radius 3 is 1.82 bits per heavy atom. The van der Waals surface area contributed by atoms with E-state index in [1.165, 1.54) is 32.1 Å². The average Bonchev–Trinajstić information content (AvgIpc) is 2.39. The van der Waals surface area contributed by atoms with Crippen LogP contribution in [0.5, 0.6) is 0 Å². The standard InChI is InChI=1S/C10H16O/c1-9(2)8(11)10(9)6-4-3-5-7-10/h3-7H2,1-2H3. The van der Waals surface area contributed by atoms with Crippen molar-refractivity contribution in [2.75, 3.05) is 0 Å². The summed E-state index contributed by atoms with van der Waals surface area (Å²) in [5.41, 5.74) is 0.179. The second-order valence-corrected chi connectivity index (χ2v) is 4.60. The van der Waals surface area contributed by atoms with Crippen LogP contribution < -0.4 is 0 Å². The molecule has 2 saturated carbocycles. The van der Waals surface area contributed by atoms with Crippen molar-refractivity contribution in [2.24, 2.45) is 10.8 Å². The molecule has 0 N–H and O–H groups in total. The lowest BCUT2D eigenvalue weighted by molar-refractivity contribution is -0.114. The van der Waals surface area contributed by atoms with Gasteiger partial charge in [-0.1, -0.05) is 33.1 Å². The largest absolute Gasteiger partial charge is 0.298 e. The van der Waals surface area contributed by atoms with E-state index >= 15 is 0 Å². The molecule has 0 amide bonds. The van der Waals surface area contributed by atoms with Crippen LogP contribution in [-0.2, 0) is 4.79 Å². The van der Waals surface area contributed by atoms with Crippen LogP contribution in [0.4, 0.5) is 0 Å². The number of ketones is 1. The molecule has 0 aromatic carbocycles. The molecule has 0 bridgehead atoms. The SMILES string of the molecule is CC1(C)C(=O)C12CCCCC2. The maximum atomic E-state index is 11.5. The summed E-state index contributed by atoms with van der Waals surface area (Å²) in [6.45, 7) is 4.22. The molecular formula is C10H16O. The summed E-state index contributed by atoms with van der Waals surface area (Å²) in [5, 5.41) is 0. The summed E-state index contributed by atoms with van der Waals surface area (Å²) in [6, 6.07) is 0. The summed E-state index contributed by atoms with van der Waals surface area (Å²) in [6.07, 6.45) is 6.22. The normalized spacial score (nSPS) is 32.4. The number of carbonyl (C=O) groups excluding carboxylic acids is 1. The number of hydrogen-bond donors (Lipinski definition) is 0. The monoisotopic (exact) mass is 152 g/mol. The van der Waals surface area contributed by atoms with E-state index in [1.807, 2.05) is 0 Å². The topological polar surface area (TPSA) is 17.1 Å². The Labute approximate surface area is 68.2 Å².